The van der Waals surface area contributed by atoms with Gasteiger partial charge >= 0.3 is 0 Å². The number of anilines is 1. The number of amides is 3. The number of ether oxygens (including phenoxy) is 1. The summed E-state index contributed by atoms with van der Waals surface area (Å²) in [5.41, 5.74) is 1.18. The van der Waals surface area contributed by atoms with Crippen molar-refractivity contribution in [1.82, 2.24) is 4.90 Å². The van der Waals surface area contributed by atoms with Gasteiger partial charge < -0.3 is 14.5 Å². The first-order chi connectivity index (χ1) is 12.5. The predicted octanol–water partition coefficient (Wildman–Crippen LogP) is 2.92. The number of nitrogens with one attached hydrogen (secondary N) is 1. The van der Waals surface area contributed by atoms with Gasteiger partial charge in [0.1, 0.15) is 0 Å². The van der Waals surface area contributed by atoms with Crippen LogP contribution in [-0.2, 0) is 0 Å². The van der Waals surface area contributed by atoms with Crippen molar-refractivity contribution in [1.29, 1.82) is 0 Å². The van der Waals surface area contributed by atoms with E-state index < -0.39 is 17.7 Å². The Labute approximate surface area is 148 Å². The highest BCUT2D eigenvalue weighted by Crippen LogP contribution is 2.31. The van der Waals surface area contributed by atoms with Gasteiger partial charge in [-0.1, -0.05) is 18.2 Å². The lowest BCUT2D eigenvalue weighted by Crippen LogP contribution is -2.24. The predicted molar refractivity (Wildman–Crippen MR) is 93.6 cm³/mol. The third kappa shape index (κ3) is 2.25. The molecule has 0 fully saturated rings. The molecule has 3 aromatic rings. The first kappa shape index (κ1) is 15.9. The van der Waals surface area contributed by atoms with Crippen LogP contribution in [0.5, 0.6) is 5.75 Å². The van der Waals surface area contributed by atoms with Gasteiger partial charge in [0, 0.05) is 12.4 Å². The highest BCUT2D eigenvalue weighted by molar-refractivity contribution is 6.24. The van der Waals surface area contributed by atoms with Crippen LogP contribution in [0.4, 0.5) is 5.69 Å². The van der Waals surface area contributed by atoms with Crippen LogP contribution in [0.2, 0.25) is 0 Å². The molecule has 0 spiro atoms. The Morgan fingerprint density at radius 2 is 1.88 bits per heavy atom. The number of furan rings is 1. The lowest BCUT2D eigenvalue weighted by molar-refractivity contribution is 0.0693. The number of hydrogen-bond donors (Lipinski definition) is 1. The molecule has 0 atom stereocenters. The summed E-state index contributed by atoms with van der Waals surface area (Å²) < 4.78 is 10.8. The van der Waals surface area contributed by atoms with Crippen LogP contribution in [0, 0.1) is 0 Å². The number of carbonyl (C=O) groups excluding carboxylic acids is 3. The summed E-state index contributed by atoms with van der Waals surface area (Å²) in [4.78, 5) is 38.0. The number of benzene rings is 2. The van der Waals surface area contributed by atoms with Gasteiger partial charge in [-0.3, -0.25) is 19.3 Å². The lowest BCUT2D eigenvalue weighted by Gasteiger charge is -2.07. The molecule has 0 unspecified atom stereocenters. The Balaban J connectivity index is 1.71. The van der Waals surface area contributed by atoms with Crippen molar-refractivity contribution in [3.8, 4) is 5.75 Å². The minimum Gasteiger partial charge on any atom is -0.493 e. The van der Waals surface area contributed by atoms with E-state index in [1.807, 2.05) is 0 Å². The van der Waals surface area contributed by atoms with Crippen molar-refractivity contribution in [2.45, 2.75) is 0 Å². The molecular formula is C19H14N2O5. The molecule has 130 valence electrons. The number of hydrogen-bond acceptors (Lipinski definition) is 5. The molecule has 3 amide bonds. The number of methoxy groups -OCH3 is 1. The maximum Gasteiger partial charge on any atom is 0.291 e. The fourth-order valence-corrected chi connectivity index (χ4v) is 3.00. The zero-order valence-electron chi connectivity index (χ0n) is 14.0. The number of rotatable bonds is 3. The van der Waals surface area contributed by atoms with Crippen molar-refractivity contribution in [3.63, 3.8) is 0 Å². The van der Waals surface area contributed by atoms with Crippen LogP contribution in [-0.4, -0.2) is 36.8 Å². The Bertz CT molecular complexity index is 1080. The highest BCUT2D eigenvalue weighted by atomic mass is 16.5. The number of para-hydroxylation sites is 1. The standard InChI is InChI=1S/C19H14N2O5/c1-21-18(23)11-6-4-7-12(15(11)19(21)24)20-17(22)14-9-10-5-3-8-13(25-2)16(10)26-14/h3-9H,1-2H3,(H,20,22). The van der Waals surface area contributed by atoms with Crippen LogP contribution >= 0.6 is 0 Å². The van der Waals surface area contributed by atoms with Crippen LogP contribution in [0.15, 0.2) is 46.9 Å². The van der Waals surface area contributed by atoms with Gasteiger partial charge in [-0.2, -0.15) is 0 Å². The average Bonchev–Trinajstić information content (AvgIpc) is 3.18. The maximum atomic E-state index is 12.6. The Morgan fingerprint density at radius 3 is 2.65 bits per heavy atom. The smallest absolute Gasteiger partial charge is 0.291 e. The molecule has 7 heteroatoms. The third-order valence-corrected chi connectivity index (χ3v) is 4.32. The minimum atomic E-state index is -0.522. The van der Waals surface area contributed by atoms with E-state index in [4.69, 9.17) is 9.15 Å². The van der Waals surface area contributed by atoms with E-state index in [1.54, 1.807) is 42.5 Å². The average molecular weight is 350 g/mol. The van der Waals surface area contributed by atoms with Gasteiger partial charge in [-0.05, 0) is 24.3 Å². The van der Waals surface area contributed by atoms with Crippen molar-refractivity contribution in [2.75, 3.05) is 19.5 Å². The molecule has 0 bridgehead atoms. The van der Waals surface area contributed by atoms with Crippen LogP contribution < -0.4 is 10.1 Å². The molecule has 0 radical (unpaired) electrons. The zero-order valence-corrected chi connectivity index (χ0v) is 14.0. The molecule has 0 aliphatic carbocycles. The van der Waals surface area contributed by atoms with Crippen LogP contribution in [0.1, 0.15) is 31.3 Å². The molecular weight excluding hydrogens is 336 g/mol. The van der Waals surface area contributed by atoms with Gasteiger partial charge in [0.05, 0.1) is 23.9 Å². The molecule has 0 saturated heterocycles. The fraction of sp³-hybridized carbons (Fsp3) is 0.105. The molecule has 1 aliphatic rings. The summed E-state index contributed by atoms with van der Waals surface area (Å²) in [6.07, 6.45) is 0. The second kappa shape index (κ2) is 5.73. The molecule has 4 rings (SSSR count). The van der Waals surface area contributed by atoms with Gasteiger partial charge in [0.25, 0.3) is 17.7 Å². The molecule has 1 aromatic heterocycles. The van der Waals surface area contributed by atoms with E-state index in [-0.39, 0.29) is 22.6 Å². The molecule has 1 aliphatic heterocycles. The highest BCUT2D eigenvalue weighted by Gasteiger charge is 2.35. The quantitative estimate of drug-likeness (QED) is 0.734. The summed E-state index contributed by atoms with van der Waals surface area (Å²) in [5.74, 6) is -0.773. The second-order valence-electron chi connectivity index (χ2n) is 5.84. The van der Waals surface area contributed by atoms with Crippen molar-refractivity contribution in [2.24, 2.45) is 0 Å². The van der Waals surface area contributed by atoms with Crippen molar-refractivity contribution >= 4 is 34.4 Å². The van der Waals surface area contributed by atoms with Crippen LogP contribution in [0.25, 0.3) is 11.0 Å². The molecule has 7 nitrogen and oxygen atoms in total. The molecule has 1 N–H and O–H groups in total. The molecule has 2 heterocycles. The van der Waals surface area contributed by atoms with Gasteiger partial charge in [0.2, 0.25) is 0 Å². The van der Waals surface area contributed by atoms with Crippen molar-refractivity contribution < 1.29 is 23.5 Å². The summed E-state index contributed by atoms with van der Waals surface area (Å²) >= 11 is 0. The van der Waals surface area contributed by atoms with Crippen molar-refractivity contribution in [3.05, 3.63) is 59.4 Å². The summed E-state index contributed by atoms with van der Waals surface area (Å²) in [6, 6.07) is 11.7. The number of fused-ring (bicyclic) bond motifs is 2. The fourth-order valence-electron chi connectivity index (χ4n) is 3.00. The van der Waals surface area contributed by atoms with Gasteiger partial charge in [-0.15, -0.1) is 0 Å². The van der Waals surface area contributed by atoms with E-state index in [9.17, 15) is 14.4 Å². The van der Waals surface area contributed by atoms with E-state index in [0.717, 1.165) is 10.3 Å². The second-order valence-corrected chi connectivity index (χ2v) is 5.84. The first-order valence-corrected chi connectivity index (χ1v) is 7.84. The number of carbonyl (C=O) groups is 3. The van der Waals surface area contributed by atoms with Gasteiger partial charge in [0.15, 0.2) is 17.1 Å². The summed E-state index contributed by atoms with van der Waals surface area (Å²) in [6.45, 7) is 0. The Morgan fingerprint density at radius 1 is 1.12 bits per heavy atom. The lowest BCUT2D eigenvalue weighted by atomic mass is 10.1. The Hall–Kier alpha value is -3.61. The maximum absolute atomic E-state index is 12.6. The Kier molecular flexibility index (Phi) is 3.50. The van der Waals surface area contributed by atoms with E-state index in [2.05, 4.69) is 5.32 Å². The van der Waals surface area contributed by atoms with Gasteiger partial charge in [-0.25, -0.2) is 0 Å². The summed E-state index contributed by atoms with van der Waals surface area (Å²) in [7, 11) is 2.92. The van der Waals surface area contributed by atoms with E-state index in [1.165, 1.54) is 14.2 Å². The number of nitrogens with zero attached hydrogens (tertiary/aromatic N) is 1. The van der Waals surface area contributed by atoms with Crippen LogP contribution in [0.3, 0.4) is 0 Å². The summed E-state index contributed by atoms with van der Waals surface area (Å²) in [5, 5.41) is 3.38. The first-order valence-electron chi connectivity index (χ1n) is 7.84. The number of imide groups is 1. The molecule has 2 aromatic carbocycles. The normalized spacial score (nSPS) is 13.2. The van der Waals surface area contributed by atoms with E-state index >= 15 is 0 Å². The minimum absolute atomic E-state index is 0.0761. The zero-order chi connectivity index (χ0) is 18.4. The molecule has 0 saturated carbocycles. The van der Waals surface area contributed by atoms with E-state index in [0.29, 0.717) is 11.3 Å². The monoisotopic (exact) mass is 350 g/mol. The largest absolute Gasteiger partial charge is 0.493 e. The molecule has 26 heavy (non-hydrogen) atoms. The third-order valence-electron chi connectivity index (χ3n) is 4.32. The topological polar surface area (TPSA) is 88.9 Å². The SMILES string of the molecule is COc1cccc2cc(C(=O)Nc3cccc4c3C(=O)N(C)C4=O)oc12.